The second kappa shape index (κ2) is 13.0. The van der Waals surface area contributed by atoms with Crippen molar-refractivity contribution in [1.29, 1.82) is 0 Å². The first-order chi connectivity index (χ1) is 19.0. The van der Waals surface area contributed by atoms with Gasteiger partial charge >= 0.3 is 0 Å². The summed E-state index contributed by atoms with van der Waals surface area (Å²) in [5, 5.41) is 4.67. The van der Waals surface area contributed by atoms with Gasteiger partial charge < -0.3 is 10.1 Å². The number of piperidine rings is 2. The number of nitrogens with zero attached hydrogens (tertiary/aromatic N) is 2. The van der Waals surface area contributed by atoms with Gasteiger partial charge in [-0.1, -0.05) is 73.2 Å². The number of likely N-dealkylation sites (tertiary alicyclic amines) is 1. The summed E-state index contributed by atoms with van der Waals surface area (Å²) in [6.45, 7) is 4.26. The van der Waals surface area contributed by atoms with Crippen molar-refractivity contribution in [2.75, 3.05) is 39.4 Å². The largest absolute Gasteiger partial charge is 0.370 e. The molecule has 1 N–H and O–H groups in total. The quantitative estimate of drug-likeness (QED) is 0.405. The zero-order chi connectivity index (χ0) is 27.1. The van der Waals surface area contributed by atoms with Crippen LogP contribution in [-0.4, -0.2) is 69.0 Å². The first kappa shape index (κ1) is 27.8. The predicted molar refractivity (Wildman–Crippen MR) is 154 cm³/mol. The van der Waals surface area contributed by atoms with Gasteiger partial charge in [0.05, 0.1) is 11.5 Å². The van der Waals surface area contributed by atoms with E-state index in [4.69, 9.17) is 4.74 Å². The van der Waals surface area contributed by atoms with Crippen LogP contribution in [0.2, 0.25) is 0 Å². The molecular formula is C31H39N3O4S. The molecule has 2 aliphatic rings. The molecule has 0 aromatic heterocycles. The lowest BCUT2D eigenvalue weighted by Crippen LogP contribution is -2.46. The van der Waals surface area contributed by atoms with Gasteiger partial charge in [0.1, 0.15) is 6.61 Å². The number of carbonyl (C=O) groups excluding carboxylic acids is 1. The zero-order valence-corrected chi connectivity index (χ0v) is 23.3. The van der Waals surface area contributed by atoms with Crippen LogP contribution in [0.15, 0.2) is 77.7 Å². The average Bonchev–Trinajstić information content (AvgIpc) is 2.97. The summed E-state index contributed by atoms with van der Waals surface area (Å²) in [4.78, 5) is 15.4. The second-order valence-electron chi connectivity index (χ2n) is 10.8. The van der Waals surface area contributed by atoms with Crippen LogP contribution >= 0.6 is 0 Å². The fourth-order valence-corrected chi connectivity index (χ4v) is 7.80. The Morgan fingerprint density at radius 3 is 2.56 bits per heavy atom. The summed E-state index contributed by atoms with van der Waals surface area (Å²) in [5.74, 6) is 0.278. The van der Waals surface area contributed by atoms with Gasteiger partial charge in [0, 0.05) is 37.6 Å². The van der Waals surface area contributed by atoms with E-state index in [1.54, 1.807) is 16.4 Å². The van der Waals surface area contributed by atoms with Crippen LogP contribution in [0.3, 0.4) is 0 Å². The van der Waals surface area contributed by atoms with Gasteiger partial charge in [0.2, 0.25) is 15.9 Å². The molecule has 0 bridgehead atoms. The lowest BCUT2D eigenvalue weighted by Gasteiger charge is -2.34. The lowest BCUT2D eigenvalue weighted by atomic mass is 9.97. The van der Waals surface area contributed by atoms with Crippen molar-refractivity contribution < 1.29 is 17.9 Å². The van der Waals surface area contributed by atoms with Gasteiger partial charge in [-0.3, -0.25) is 9.69 Å². The van der Waals surface area contributed by atoms with Crippen molar-refractivity contribution in [2.24, 2.45) is 5.92 Å². The van der Waals surface area contributed by atoms with E-state index in [0.717, 1.165) is 62.5 Å². The third-order valence-corrected chi connectivity index (χ3v) is 9.90. The number of amides is 1. The number of fused-ring (bicyclic) bond motifs is 1. The van der Waals surface area contributed by atoms with Crippen LogP contribution in [0.25, 0.3) is 10.8 Å². The Kier molecular flexibility index (Phi) is 9.29. The number of nitrogens with one attached hydrogen (secondary N) is 1. The number of ether oxygens (including phenoxy) is 1. The molecule has 3 aromatic rings. The molecule has 2 heterocycles. The van der Waals surface area contributed by atoms with E-state index >= 15 is 0 Å². The Hall–Kier alpha value is -2.78. The number of carbonyl (C=O) groups is 1. The molecule has 2 aliphatic heterocycles. The van der Waals surface area contributed by atoms with Crippen molar-refractivity contribution in [1.82, 2.24) is 14.5 Å². The van der Waals surface area contributed by atoms with Gasteiger partial charge in [0.25, 0.3) is 0 Å². The van der Waals surface area contributed by atoms with E-state index in [2.05, 4.69) is 34.5 Å². The van der Waals surface area contributed by atoms with Gasteiger partial charge in [-0.2, -0.15) is 4.31 Å². The van der Waals surface area contributed by atoms with E-state index in [9.17, 15) is 13.2 Å². The first-order valence-electron chi connectivity index (χ1n) is 14.1. The Morgan fingerprint density at radius 2 is 1.69 bits per heavy atom. The van der Waals surface area contributed by atoms with Crippen molar-refractivity contribution >= 4 is 26.7 Å². The van der Waals surface area contributed by atoms with E-state index in [0.29, 0.717) is 23.9 Å². The molecule has 0 radical (unpaired) electrons. The molecule has 1 amide bonds. The summed E-state index contributed by atoms with van der Waals surface area (Å²) >= 11 is 0. The SMILES string of the molecule is O=C(COCC1CCCCN1S(=O)(=O)c1cccc2ccccc12)NCC1CCCN(Cc2ccccc2)C1. The van der Waals surface area contributed by atoms with Gasteiger partial charge in [0.15, 0.2) is 0 Å². The minimum absolute atomic E-state index is 0.0564. The number of hydrogen-bond acceptors (Lipinski definition) is 5. The van der Waals surface area contributed by atoms with Crippen LogP contribution in [0.5, 0.6) is 0 Å². The van der Waals surface area contributed by atoms with Crippen LogP contribution < -0.4 is 5.32 Å². The minimum atomic E-state index is -3.69. The van der Waals surface area contributed by atoms with E-state index in [-0.39, 0.29) is 25.2 Å². The molecule has 5 rings (SSSR count). The Balaban J connectivity index is 1.11. The molecule has 2 fully saturated rings. The van der Waals surface area contributed by atoms with E-state index in [1.807, 2.05) is 36.4 Å². The predicted octanol–water partition coefficient (Wildman–Crippen LogP) is 4.43. The zero-order valence-electron chi connectivity index (χ0n) is 22.5. The molecule has 0 spiro atoms. The van der Waals surface area contributed by atoms with Crippen molar-refractivity contribution in [3.8, 4) is 0 Å². The maximum atomic E-state index is 13.7. The first-order valence-corrected chi connectivity index (χ1v) is 15.5. The Bertz CT molecular complexity index is 1340. The second-order valence-corrected chi connectivity index (χ2v) is 12.6. The Morgan fingerprint density at radius 1 is 0.897 bits per heavy atom. The van der Waals surface area contributed by atoms with Crippen molar-refractivity contribution in [3.05, 3.63) is 78.4 Å². The summed E-state index contributed by atoms with van der Waals surface area (Å²) in [6, 6.07) is 23.2. The summed E-state index contributed by atoms with van der Waals surface area (Å²) < 4.78 is 34.8. The maximum Gasteiger partial charge on any atom is 0.246 e. The fraction of sp³-hybridized carbons (Fsp3) is 0.452. The molecule has 2 unspecified atom stereocenters. The smallest absolute Gasteiger partial charge is 0.246 e. The van der Waals surface area contributed by atoms with Gasteiger partial charge in [-0.15, -0.1) is 0 Å². The fourth-order valence-electron chi connectivity index (χ4n) is 5.90. The highest BCUT2D eigenvalue weighted by molar-refractivity contribution is 7.89. The number of hydrogen-bond donors (Lipinski definition) is 1. The van der Waals surface area contributed by atoms with Crippen LogP contribution in [-0.2, 0) is 26.1 Å². The lowest BCUT2D eigenvalue weighted by molar-refractivity contribution is -0.126. The monoisotopic (exact) mass is 549 g/mol. The molecule has 7 nitrogen and oxygen atoms in total. The van der Waals surface area contributed by atoms with Crippen LogP contribution in [0.4, 0.5) is 0 Å². The van der Waals surface area contributed by atoms with Crippen LogP contribution in [0.1, 0.15) is 37.7 Å². The molecule has 39 heavy (non-hydrogen) atoms. The number of sulfonamides is 1. The molecule has 208 valence electrons. The van der Waals surface area contributed by atoms with Crippen molar-refractivity contribution in [3.63, 3.8) is 0 Å². The van der Waals surface area contributed by atoms with Gasteiger partial charge in [-0.05, 0) is 55.2 Å². The average molecular weight is 550 g/mol. The molecule has 8 heteroatoms. The summed E-state index contributed by atoms with van der Waals surface area (Å²) in [7, 11) is -3.69. The van der Waals surface area contributed by atoms with Crippen molar-refractivity contribution in [2.45, 2.75) is 49.6 Å². The Labute approximate surface area is 232 Å². The highest BCUT2D eigenvalue weighted by Gasteiger charge is 2.34. The highest BCUT2D eigenvalue weighted by atomic mass is 32.2. The third kappa shape index (κ3) is 7.06. The third-order valence-electron chi connectivity index (χ3n) is 7.89. The number of rotatable bonds is 10. The minimum Gasteiger partial charge on any atom is -0.370 e. The topological polar surface area (TPSA) is 78.9 Å². The van der Waals surface area contributed by atoms with Gasteiger partial charge in [-0.25, -0.2) is 8.42 Å². The molecule has 0 aliphatic carbocycles. The highest BCUT2D eigenvalue weighted by Crippen LogP contribution is 2.30. The molecular weight excluding hydrogens is 510 g/mol. The number of benzene rings is 3. The van der Waals surface area contributed by atoms with E-state index in [1.165, 1.54) is 5.56 Å². The normalized spacial score (nSPS) is 21.1. The van der Waals surface area contributed by atoms with E-state index < -0.39 is 10.0 Å². The summed E-state index contributed by atoms with van der Waals surface area (Å²) in [5.41, 5.74) is 1.31. The summed E-state index contributed by atoms with van der Waals surface area (Å²) in [6.07, 6.45) is 4.74. The maximum absolute atomic E-state index is 13.7. The van der Waals surface area contributed by atoms with Crippen LogP contribution in [0, 0.1) is 5.92 Å². The molecule has 0 saturated carbocycles. The molecule has 2 saturated heterocycles. The molecule has 2 atom stereocenters. The standard InChI is InChI=1S/C31H39N3O4S/c35-31(32-20-26-12-9-18-33(22-26)21-25-10-2-1-3-11-25)24-38-23-28-15-6-7-19-34(28)39(36,37)30-17-8-14-27-13-4-5-16-29(27)30/h1-5,8,10-11,13-14,16-17,26,28H,6-7,9,12,15,18-24H2,(H,32,35). The molecule has 3 aromatic carbocycles.